The smallest absolute Gasteiger partial charge is 0.411 e. The van der Waals surface area contributed by atoms with Crippen LogP contribution in [0.25, 0.3) is 10.2 Å². The summed E-state index contributed by atoms with van der Waals surface area (Å²) in [5.74, 6) is 1.41. The van der Waals surface area contributed by atoms with E-state index < -0.39 is 17.7 Å². The fourth-order valence-corrected chi connectivity index (χ4v) is 6.93. The van der Waals surface area contributed by atoms with Gasteiger partial charge in [0, 0.05) is 51.1 Å². The number of halogens is 1. The summed E-state index contributed by atoms with van der Waals surface area (Å²) >= 11 is 3.26. The molecule has 0 N–H and O–H groups in total. The number of fused-ring (bicyclic) bond motifs is 1. The van der Waals surface area contributed by atoms with Crippen LogP contribution in [0.1, 0.15) is 27.2 Å². The third-order valence-electron chi connectivity index (χ3n) is 6.70. The average molecular weight is 522 g/mol. The standard InChI is InChI=1S/C24H32FN5O3S2/c1-24(2,3)33-23(32)30-14-17(13-19(30)21(31)29-10-11-34-15-29)27-6-8-28(9-7-27)22-26-18-5-4-16(25)12-20(18)35-22/h4-5,12,17,19H,6-11,13-15H2,1-3H3/t17-,19-/m0/s1. The number of piperazine rings is 1. The fraction of sp³-hybridized carbons (Fsp3) is 0.625. The molecule has 3 aliphatic rings. The van der Waals surface area contributed by atoms with Crippen molar-refractivity contribution in [1.29, 1.82) is 0 Å². The van der Waals surface area contributed by atoms with E-state index in [9.17, 15) is 14.0 Å². The Kier molecular flexibility index (Phi) is 6.84. The Balaban J connectivity index is 1.26. The maximum Gasteiger partial charge on any atom is 0.411 e. The summed E-state index contributed by atoms with van der Waals surface area (Å²) in [6, 6.07) is 4.33. The molecule has 4 heterocycles. The van der Waals surface area contributed by atoms with Crippen LogP contribution in [0.2, 0.25) is 0 Å². The Morgan fingerprint density at radius 3 is 2.60 bits per heavy atom. The lowest BCUT2D eigenvalue weighted by molar-refractivity contribution is -0.134. The minimum absolute atomic E-state index is 0.0312. The van der Waals surface area contributed by atoms with Crippen LogP contribution >= 0.6 is 23.1 Å². The van der Waals surface area contributed by atoms with Crippen LogP contribution in [0.15, 0.2) is 18.2 Å². The number of anilines is 1. The van der Waals surface area contributed by atoms with E-state index in [2.05, 4.69) is 14.8 Å². The summed E-state index contributed by atoms with van der Waals surface area (Å²) in [5.41, 5.74) is 0.206. The van der Waals surface area contributed by atoms with Gasteiger partial charge in [0.2, 0.25) is 5.91 Å². The molecule has 0 aliphatic carbocycles. The van der Waals surface area contributed by atoms with Crippen molar-refractivity contribution in [2.45, 2.75) is 44.9 Å². The molecular formula is C24H32FN5O3S2. The summed E-state index contributed by atoms with van der Waals surface area (Å²) in [6.07, 6.45) is 0.213. The normalized spacial score (nSPS) is 23.9. The number of rotatable bonds is 3. The molecule has 3 aliphatic heterocycles. The zero-order chi connectivity index (χ0) is 24.7. The Bertz CT molecular complexity index is 1090. The molecule has 190 valence electrons. The Morgan fingerprint density at radius 1 is 1.14 bits per heavy atom. The first-order valence-corrected chi connectivity index (χ1v) is 14.1. The van der Waals surface area contributed by atoms with Crippen LogP contribution in [0, 0.1) is 5.82 Å². The number of hydrogen-bond acceptors (Lipinski definition) is 8. The number of benzene rings is 1. The minimum Gasteiger partial charge on any atom is -0.444 e. The van der Waals surface area contributed by atoms with Crippen LogP contribution in [-0.2, 0) is 9.53 Å². The molecule has 0 bridgehead atoms. The number of amides is 2. The second kappa shape index (κ2) is 9.74. The van der Waals surface area contributed by atoms with Gasteiger partial charge in [0.25, 0.3) is 0 Å². The van der Waals surface area contributed by atoms with Crippen molar-refractivity contribution in [2.75, 3.05) is 55.8 Å². The van der Waals surface area contributed by atoms with Crippen molar-refractivity contribution < 1.29 is 18.7 Å². The number of thioether (sulfide) groups is 1. The van der Waals surface area contributed by atoms with Crippen LogP contribution in [-0.4, -0.2) is 100 Å². The number of carbonyl (C=O) groups is 2. The fourth-order valence-electron chi connectivity index (χ4n) is 4.93. The third-order valence-corrected chi connectivity index (χ3v) is 8.74. The van der Waals surface area contributed by atoms with Gasteiger partial charge in [0.05, 0.1) is 16.1 Å². The highest BCUT2D eigenvalue weighted by Gasteiger charge is 2.45. The molecule has 0 unspecified atom stereocenters. The highest BCUT2D eigenvalue weighted by atomic mass is 32.2. The van der Waals surface area contributed by atoms with Gasteiger partial charge in [-0.1, -0.05) is 11.3 Å². The van der Waals surface area contributed by atoms with E-state index in [1.807, 2.05) is 25.7 Å². The molecule has 35 heavy (non-hydrogen) atoms. The van der Waals surface area contributed by atoms with E-state index in [1.165, 1.54) is 23.5 Å². The topological polar surface area (TPSA) is 69.2 Å². The quantitative estimate of drug-likeness (QED) is 0.613. The van der Waals surface area contributed by atoms with Gasteiger partial charge in [-0.05, 0) is 45.4 Å². The maximum absolute atomic E-state index is 13.6. The molecule has 1 aromatic carbocycles. The van der Waals surface area contributed by atoms with Crippen molar-refractivity contribution in [3.05, 3.63) is 24.0 Å². The Labute approximate surface area is 213 Å². The van der Waals surface area contributed by atoms with Crippen molar-refractivity contribution in [3.8, 4) is 0 Å². The first-order valence-electron chi connectivity index (χ1n) is 12.1. The van der Waals surface area contributed by atoms with Crippen LogP contribution in [0.5, 0.6) is 0 Å². The largest absolute Gasteiger partial charge is 0.444 e. The average Bonchev–Trinajstić information content (AvgIpc) is 3.56. The lowest BCUT2D eigenvalue weighted by Crippen LogP contribution is -2.51. The van der Waals surface area contributed by atoms with Crippen LogP contribution in [0.4, 0.5) is 14.3 Å². The number of ether oxygens (including phenoxy) is 1. The van der Waals surface area contributed by atoms with Gasteiger partial charge in [-0.25, -0.2) is 14.2 Å². The number of nitrogens with zero attached hydrogens (tertiary/aromatic N) is 5. The number of carbonyl (C=O) groups excluding carboxylic acids is 2. The zero-order valence-corrected chi connectivity index (χ0v) is 22.0. The molecule has 0 radical (unpaired) electrons. The van der Waals surface area contributed by atoms with E-state index in [-0.39, 0.29) is 17.8 Å². The molecule has 1 aromatic heterocycles. The molecule has 2 aromatic rings. The summed E-state index contributed by atoms with van der Waals surface area (Å²) in [6.45, 7) is 10.0. The second-order valence-electron chi connectivity index (χ2n) is 10.3. The number of thiazole rings is 1. The molecule has 2 amide bonds. The van der Waals surface area contributed by atoms with Gasteiger partial charge < -0.3 is 14.5 Å². The van der Waals surface area contributed by atoms with Gasteiger partial charge in [-0.3, -0.25) is 14.6 Å². The molecular weight excluding hydrogens is 489 g/mol. The summed E-state index contributed by atoms with van der Waals surface area (Å²) in [4.78, 5) is 39.2. The van der Waals surface area contributed by atoms with Crippen molar-refractivity contribution in [1.82, 2.24) is 19.7 Å². The van der Waals surface area contributed by atoms with E-state index in [4.69, 9.17) is 4.74 Å². The second-order valence-corrected chi connectivity index (χ2v) is 12.4. The molecule has 0 saturated carbocycles. The Morgan fingerprint density at radius 2 is 1.91 bits per heavy atom. The molecule has 5 rings (SSSR count). The van der Waals surface area contributed by atoms with Gasteiger partial charge in [-0.15, -0.1) is 11.8 Å². The van der Waals surface area contributed by atoms with E-state index >= 15 is 0 Å². The van der Waals surface area contributed by atoms with Gasteiger partial charge in [0.15, 0.2) is 5.13 Å². The predicted molar refractivity (Wildman–Crippen MR) is 138 cm³/mol. The minimum atomic E-state index is -0.613. The van der Waals surface area contributed by atoms with Crippen molar-refractivity contribution in [2.24, 2.45) is 0 Å². The SMILES string of the molecule is CC(C)(C)OC(=O)N1C[C@@H](N2CCN(c3nc4ccc(F)cc4s3)CC2)C[C@H]1C(=O)N1CCSC1. The van der Waals surface area contributed by atoms with Crippen molar-refractivity contribution >= 4 is 50.4 Å². The monoisotopic (exact) mass is 521 g/mol. The van der Waals surface area contributed by atoms with Gasteiger partial charge >= 0.3 is 6.09 Å². The first kappa shape index (κ1) is 24.6. The molecule has 3 saturated heterocycles. The van der Waals surface area contributed by atoms with Crippen LogP contribution < -0.4 is 4.90 Å². The summed E-state index contributed by atoms with van der Waals surface area (Å²) in [7, 11) is 0. The molecule has 8 nitrogen and oxygen atoms in total. The van der Waals surface area contributed by atoms with Crippen molar-refractivity contribution in [3.63, 3.8) is 0 Å². The highest BCUT2D eigenvalue weighted by Crippen LogP contribution is 2.32. The van der Waals surface area contributed by atoms with Gasteiger partial charge in [-0.2, -0.15) is 0 Å². The lowest BCUT2D eigenvalue weighted by atomic mass is 10.1. The van der Waals surface area contributed by atoms with E-state index in [1.54, 1.807) is 22.7 Å². The van der Waals surface area contributed by atoms with Crippen LogP contribution in [0.3, 0.4) is 0 Å². The van der Waals surface area contributed by atoms with E-state index in [0.717, 1.165) is 53.8 Å². The molecule has 0 spiro atoms. The Hall–Kier alpha value is -2.11. The molecule has 2 atom stereocenters. The number of hydrogen-bond donors (Lipinski definition) is 0. The highest BCUT2D eigenvalue weighted by molar-refractivity contribution is 7.99. The zero-order valence-electron chi connectivity index (χ0n) is 20.4. The maximum atomic E-state index is 13.6. The first-order chi connectivity index (χ1) is 16.7. The number of likely N-dealkylation sites (tertiary alicyclic amines) is 1. The van der Waals surface area contributed by atoms with Gasteiger partial charge in [0.1, 0.15) is 17.5 Å². The summed E-state index contributed by atoms with van der Waals surface area (Å²) < 4.78 is 20.1. The van der Waals surface area contributed by atoms with E-state index in [0.29, 0.717) is 18.8 Å². The predicted octanol–water partition coefficient (Wildman–Crippen LogP) is 3.47. The summed E-state index contributed by atoms with van der Waals surface area (Å²) in [5, 5.41) is 0.909. The number of aromatic nitrogens is 1. The third kappa shape index (κ3) is 5.36. The molecule has 11 heteroatoms. The lowest BCUT2D eigenvalue weighted by Gasteiger charge is -2.37. The molecule has 3 fully saturated rings.